The van der Waals surface area contributed by atoms with Crippen molar-refractivity contribution in [1.82, 2.24) is 4.98 Å². The van der Waals surface area contributed by atoms with Crippen LogP contribution in [-0.2, 0) is 12.3 Å². The number of likely N-dealkylation sites (tertiary alicyclic amines) is 1. The minimum absolute atomic E-state index is 0.368. The van der Waals surface area contributed by atoms with E-state index in [2.05, 4.69) is 41.4 Å². The molecule has 1 aliphatic heterocycles. The minimum atomic E-state index is 0.368. The summed E-state index contributed by atoms with van der Waals surface area (Å²) in [6.45, 7) is 3.29. The Labute approximate surface area is 159 Å². The van der Waals surface area contributed by atoms with Gasteiger partial charge in [-0.1, -0.05) is 24.3 Å². The first kappa shape index (κ1) is 17.4. The van der Waals surface area contributed by atoms with E-state index in [0.29, 0.717) is 5.75 Å². The van der Waals surface area contributed by atoms with Gasteiger partial charge in [0, 0.05) is 22.2 Å². The fourth-order valence-corrected chi connectivity index (χ4v) is 4.70. The highest BCUT2D eigenvalue weighted by Crippen LogP contribution is 2.33. The second-order valence-electron chi connectivity index (χ2n) is 7.03. The topological polar surface area (TPSA) is 37.6 Å². The number of phenols is 1. The van der Waals surface area contributed by atoms with Gasteiger partial charge in [-0.25, -0.2) is 0 Å². The van der Waals surface area contributed by atoms with Gasteiger partial charge in [-0.05, 0) is 49.1 Å². The first-order valence-corrected chi connectivity index (χ1v) is 10.4. The molecule has 1 saturated heterocycles. The zero-order chi connectivity index (χ0) is 17.8. The average Bonchev–Trinajstić information content (AvgIpc) is 2.71. The molecule has 0 atom stereocenters. The van der Waals surface area contributed by atoms with Crippen molar-refractivity contribution < 1.29 is 10.0 Å². The SMILES string of the molecule is Oc1c(C[NH+]2CCCCC2)cc(CSc2ccccc2)c2cccnc12. The van der Waals surface area contributed by atoms with Gasteiger partial charge < -0.3 is 10.0 Å². The smallest absolute Gasteiger partial charge is 0.150 e. The van der Waals surface area contributed by atoms with E-state index < -0.39 is 0 Å². The number of hydrogen-bond donors (Lipinski definition) is 2. The van der Waals surface area contributed by atoms with Crippen LogP contribution in [0.25, 0.3) is 10.9 Å². The zero-order valence-electron chi connectivity index (χ0n) is 14.9. The molecule has 0 amide bonds. The molecule has 1 fully saturated rings. The van der Waals surface area contributed by atoms with Crippen LogP contribution in [0, 0.1) is 0 Å². The van der Waals surface area contributed by atoms with Crippen LogP contribution in [0.15, 0.2) is 59.6 Å². The Morgan fingerprint density at radius 3 is 2.58 bits per heavy atom. The van der Waals surface area contributed by atoms with E-state index in [-0.39, 0.29) is 0 Å². The molecule has 3 nitrogen and oxygen atoms in total. The van der Waals surface area contributed by atoms with Gasteiger partial charge in [0.2, 0.25) is 0 Å². The van der Waals surface area contributed by atoms with Crippen LogP contribution in [0.5, 0.6) is 5.75 Å². The molecule has 4 heteroatoms. The van der Waals surface area contributed by atoms with E-state index >= 15 is 0 Å². The predicted molar refractivity (Wildman–Crippen MR) is 108 cm³/mol. The van der Waals surface area contributed by atoms with Crippen LogP contribution in [0.2, 0.25) is 0 Å². The highest BCUT2D eigenvalue weighted by Gasteiger charge is 2.19. The number of piperidine rings is 1. The molecule has 0 aliphatic carbocycles. The number of nitrogens with one attached hydrogen (secondary N) is 1. The minimum Gasteiger partial charge on any atom is -0.505 e. The zero-order valence-corrected chi connectivity index (χ0v) is 15.8. The quantitative estimate of drug-likeness (QED) is 0.676. The van der Waals surface area contributed by atoms with Crippen molar-refractivity contribution in [2.24, 2.45) is 0 Å². The Kier molecular flexibility index (Phi) is 5.42. The fourth-order valence-electron chi connectivity index (χ4n) is 3.79. The molecule has 1 aromatic heterocycles. The maximum Gasteiger partial charge on any atom is 0.150 e. The van der Waals surface area contributed by atoms with Crippen LogP contribution in [0.4, 0.5) is 0 Å². The predicted octanol–water partition coefficient (Wildman–Crippen LogP) is 3.80. The summed E-state index contributed by atoms with van der Waals surface area (Å²) in [5.41, 5.74) is 3.04. The number of rotatable bonds is 5. The average molecular weight is 366 g/mol. The third-order valence-corrected chi connectivity index (χ3v) is 6.23. The second kappa shape index (κ2) is 8.11. The van der Waals surface area contributed by atoms with E-state index in [4.69, 9.17) is 0 Å². The summed E-state index contributed by atoms with van der Waals surface area (Å²) in [4.78, 5) is 7.32. The largest absolute Gasteiger partial charge is 0.505 e. The monoisotopic (exact) mass is 365 g/mol. The lowest BCUT2D eigenvalue weighted by Gasteiger charge is -2.24. The van der Waals surface area contributed by atoms with Crippen LogP contribution in [-0.4, -0.2) is 23.2 Å². The number of thioether (sulfide) groups is 1. The first-order chi connectivity index (χ1) is 12.8. The lowest BCUT2D eigenvalue weighted by Crippen LogP contribution is -3.11. The lowest BCUT2D eigenvalue weighted by atomic mass is 10.0. The number of aromatic nitrogens is 1. The maximum absolute atomic E-state index is 10.8. The van der Waals surface area contributed by atoms with E-state index in [1.165, 1.54) is 42.8 Å². The van der Waals surface area contributed by atoms with E-state index in [1.807, 2.05) is 23.9 Å². The molecular formula is C22H25N2OS+. The Morgan fingerprint density at radius 1 is 0.962 bits per heavy atom. The maximum atomic E-state index is 10.8. The van der Waals surface area contributed by atoms with Crippen molar-refractivity contribution in [3.05, 3.63) is 65.9 Å². The molecule has 0 radical (unpaired) electrons. The molecule has 1 aliphatic rings. The third-order valence-electron chi connectivity index (χ3n) is 5.17. The number of phenolic OH excluding ortho intramolecular Hbond substituents is 1. The van der Waals surface area contributed by atoms with E-state index in [0.717, 1.165) is 28.8 Å². The summed E-state index contributed by atoms with van der Waals surface area (Å²) >= 11 is 1.83. The molecule has 3 aromatic rings. The molecular weight excluding hydrogens is 340 g/mol. The number of pyridine rings is 1. The molecule has 0 bridgehead atoms. The lowest BCUT2D eigenvalue weighted by molar-refractivity contribution is -0.918. The van der Waals surface area contributed by atoms with Crippen LogP contribution >= 0.6 is 11.8 Å². The Balaban J connectivity index is 1.65. The van der Waals surface area contributed by atoms with Crippen molar-refractivity contribution in [1.29, 1.82) is 0 Å². The fraction of sp³-hybridized carbons (Fsp3) is 0.318. The molecule has 26 heavy (non-hydrogen) atoms. The Hall–Kier alpha value is -2.04. The van der Waals surface area contributed by atoms with Gasteiger partial charge in [0.05, 0.1) is 18.7 Å². The van der Waals surface area contributed by atoms with Gasteiger partial charge in [-0.3, -0.25) is 4.98 Å². The van der Waals surface area contributed by atoms with Crippen molar-refractivity contribution in [3.8, 4) is 5.75 Å². The first-order valence-electron chi connectivity index (χ1n) is 9.41. The van der Waals surface area contributed by atoms with E-state index in [1.54, 1.807) is 11.1 Å². The molecule has 4 rings (SSSR count). The summed E-state index contributed by atoms with van der Waals surface area (Å²) < 4.78 is 0. The molecule has 134 valence electrons. The van der Waals surface area contributed by atoms with Gasteiger partial charge in [-0.15, -0.1) is 11.8 Å². The van der Waals surface area contributed by atoms with Gasteiger partial charge >= 0.3 is 0 Å². The normalized spacial score (nSPS) is 15.4. The highest BCUT2D eigenvalue weighted by molar-refractivity contribution is 7.98. The van der Waals surface area contributed by atoms with Crippen LogP contribution in [0.3, 0.4) is 0 Å². The Bertz CT molecular complexity index is 876. The van der Waals surface area contributed by atoms with Crippen molar-refractivity contribution in [3.63, 3.8) is 0 Å². The summed E-state index contributed by atoms with van der Waals surface area (Å²) in [7, 11) is 0. The highest BCUT2D eigenvalue weighted by atomic mass is 32.2. The number of aromatic hydroxyl groups is 1. The molecule has 0 saturated carbocycles. The number of quaternary nitrogens is 1. The third kappa shape index (κ3) is 3.87. The van der Waals surface area contributed by atoms with Crippen LogP contribution in [0.1, 0.15) is 30.4 Å². The molecule has 0 unspecified atom stereocenters. The summed E-state index contributed by atoms with van der Waals surface area (Å²) in [6, 6.07) is 16.7. The molecule has 2 aromatic carbocycles. The molecule has 2 N–H and O–H groups in total. The summed E-state index contributed by atoms with van der Waals surface area (Å²) in [6.07, 6.45) is 5.69. The van der Waals surface area contributed by atoms with Gasteiger partial charge in [0.15, 0.2) is 5.75 Å². The summed E-state index contributed by atoms with van der Waals surface area (Å²) in [5, 5.41) is 11.9. The van der Waals surface area contributed by atoms with Gasteiger partial charge in [0.1, 0.15) is 12.1 Å². The standard InChI is InChI=1S/C22H24N2OS/c25-22-17(15-24-12-5-2-6-13-24)14-18(20-10-7-11-23-21(20)22)16-26-19-8-3-1-4-9-19/h1,3-4,7-11,14,25H,2,5-6,12-13,15-16H2/p+1. The Morgan fingerprint density at radius 2 is 1.77 bits per heavy atom. The van der Waals surface area contributed by atoms with E-state index in [9.17, 15) is 5.11 Å². The number of hydrogen-bond acceptors (Lipinski definition) is 3. The van der Waals surface area contributed by atoms with Gasteiger partial charge in [0.25, 0.3) is 0 Å². The number of nitrogens with zero attached hydrogens (tertiary/aromatic N) is 1. The van der Waals surface area contributed by atoms with Gasteiger partial charge in [-0.2, -0.15) is 0 Å². The molecule has 2 heterocycles. The van der Waals surface area contributed by atoms with Crippen LogP contribution < -0.4 is 4.90 Å². The van der Waals surface area contributed by atoms with Crippen molar-refractivity contribution in [2.75, 3.05) is 13.1 Å². The number of benzene rings is 2. The summed E-state index contributed by atoms with van der Waals surface area (Å²) in [5.74, 6) is 1.25. The number of fused-ring (bicyclic) bond motifs is 1. The second-order valence-corrected chi connectivity index (χ2v) is 8.08. The van der Waals surface area contributed by atoms with Crippen molar-refractivity contribution >= 4 is 22.7 Å². The molecule has 0 spiro atoms. The van der Waals surface area contributed by atoms with Crippen molar-refractivity contribution in [2.45, 2.75) is 36.5 Å².